The zero-order valence-electron chi connectivity index (χ0n) is 12.9. The first-order chi connectivity index (χ1) is 11.7. The molecule has 1 N–H and O–H groups in total. The second kappa shape index (κ2) is 7.35. The van der Waals surface area contributed by atoms with Crippen molar-refractivity contribution in [2.75, 3.05) is 13.7 Å². The number of hydrogen-bond acceptors (Lipinski definition) is 5. The highest BCUT2D eigenvalue weighted by molar-refractivity contribution is 9.10. The number of benzene rings is 2. The Balaban J connectivity index is 1.63. The molecule has 0 saturated heterocycles. The molecular weight excluding hydrogens is 376 g/mol. The number of ether oxygens (including phenoxy) is 3. The van der Waals surface area contributed by atoms with Gasteiger partial charge in [0.05, 0.1) is 13.3 Å². The second-order valence-electron chi connectivity index (χ2n) is 4.98. The van der Waals surface area contributed by atoms with Crippen molar-refractivity contribution < 1.29 is 19.0 Å². The van der Waals surface area contributed by atoms with Crippen LogP contribution < -0.4 is 19.6 Å². The number of rotatable bonds is 4. The molecule has 6 nitrogen and oxygen atoms in total. The van der Waals surface area contributed by atoms with E-state index in [2.05, 4.69) is 26.5 Å². The van der Waals surface area contributed by atoms with Gasteiger partial charge >= 0.3 is 0 Å². The van der Waals surface area contributed by atoms with E-state index in [4.69, 9.17) is 14.2 Å². The molecule has 1 atom stereocenters. The lowest BCUT2D eigenvalue weighted by Gasteiger charge is -2.24. The Bertz CT molecular complexity index is 779. The van der Waals surface area contributed by atoms with Gasteiger partial charge in [0.15, 0.2) is 11.5 Å². The van der Waals surface area contributed by atoms with E-state index < -0.39 is 6.10 Å². The zero-order chi connectivity index (χ0) is 16.9. The molecule has 2 aromatic rings. The molecule has 0 saturated carbocycles. The molecule has 7 heteroatoms. The van der Waals surface area contributed by atoms with Crippen LogP contribution in [0, 0.1) is 0 Å². The third kappa shape index (κ3) is 3.68. The Morgan fingerprint density at radius 1 is 1.33 bits per heavy atom. The van der Waals surface area contributed by atoms with Gasteiger partial charge < -0.3 is 14.2 Å². The molecule has 1 aliphatic heterocycles. The first-order valence-electron chi connectivity index (χ1n) is 7.22. The van der Waals surface area contributed by atoms with Crippen molar-refractivity contribution in [1.29, 1.82) is 0 Å². The summed E-state index contributed by atoms with van der Waals surface area (Å²) >= 11 is 3.38. The highest BCUT2D eigenvalue weighted by Crippen LogP contribution is 2.30. The topological polar surface area (TPSA) is 69.2 Å². The molecule has 124 valence electrons. The number of methoxy groups -OCH3 is 1. The van der Waals surface area contributed by atoms with Gasteiger partial charge in [0, 0.05) is 10.0 Å². The Hall–Kier alpha value is -2.54. The van der Waals surface area contributed by atoms with Crippen molar-refractivity contribution in [1.82, 2.24) is 5.43 Å². The van der Waals surface area contributed by atoms with Gasteiger partial charge in [-0.25, -0.2) is 5.43 Å². The number of amides is 1. The maximum Gasteiger partial charge on any atom is 0.284 e. The molecule has 0 fully saturated rings. The minimum atomic E-state index is -0.749. The number of nitrogens with one attached hydrogen (secondary N) is 1. The number of carbonyl (C=O) groups excluding carboxylic acids is 1. The quantitative estimate of drug-likeness (QED) is 0.643. The number of para-hydroxylation sites is 2. The normalized spacial score (nSPS) is 16.0. The van der Waals surface area contributed by atoms with Crippen molar-refractivity contribution in [3.05, 3.63) is 52.5 Å². The molecule has 1 amide bonds. The van der Waals surface area contributed by atoms with Gasteiger partial charge in [0.25, 0.3) is 5.91 Å². The molecule has 1 aliphatic rings. The van der Waals surface area contributed by atoms with Gasteiger partial charge in [-0.2, -0.15) is 5.10 Å². The predicted octanol–water partition coefficient (Wildman–Crippen LogP) is 2.75. The monoisotopic (exact) mass is 390 g/mol. The van der Waals surface area contributed by atoms with Crippen molar-refractivity contribution >= 4 is 28.1 Å². The lowest BCUT2D eigenvalue weighted by molar-refractivity contribution is -0.130. The first-order valence-corrected chi connectivity index (χ1v) is 8.01. The number of nitrogens with zero attached hydrogens (tertiary/aromatic N) is 1. The van der Waals surface area contributed by atoms with Crippen LogP contribution in [0.15, 0.2) is 52.0 Å². The molecule has 1 heterocycles. The van der Waals surface area contributed by atoms with Crippen molar-refractivity contribution in [3.63, 3.8) is 0 Å². The smallest absolute Gasteiger partial charge is 0.284 e. The molecule has 0 radical (unpaired) electrons. The van der Waals surface area contributed by atoms with E-state index in [0.717, 1.165) is 10.0 Å². The van der Waals surface area contributed by atoms with Crippen molar-refractivity contribution in [2.45, 2.75) is 6.10 Å². The van der Waals surface area contributed by atoms with Crippen LogP contribution in [0.4, 0.5) is 0 Å². The van der Waals surface area contributed by atoms with E-state index >= 15 is 0 Å². The number of carbonyl (C=O) groups is 1. The summed E-state index contributed by atoms with van der Waals surface area (Å²) < 4.78 is 17.3. The van der Waals surface area contributed by atoms with Crippen LogP contribution in [-0.4, -0.2) is 31.9 Å². The maximum absolute atomic E-state index is 12.1. The van der Waals surface area contributed by atoms with Crippen LogP contribution >= 0.6 is 15.9 Å². The number of hydrazone groups is 1. The molecule has 24 heavy (non-hydrogen) atoms. The van der Waals surface area contributed by atoms with Crippen LogP contribution in [0.25, 0.3) is 0 Å². The van der Waals surface area contributed by atoms with Gasteiger partial charge in [-0.15, -0.1) is 0 Å². The summed E-state index contributed by atoms with van der Waals surface area (Å²) in [5.74, 6) is 1.45. The Morgan fingerprint density at radius 2 is 2.12 bits per heavy atom. The summed E-state index contributed by atoms with van der Waals surface area (Å²) in [5.41, 5.74) is 3.19. The highest BCUT2D eigenvalue weighted by Gasteiger charge is 2.26. The van der Waals surface area contributed by atoms with Gasteiger partial charge in [0.2, 0.25) is 6.10 Å². The van der Waals surface area contributed by atoms with E-state index in [0.29, 0.717) is 17.2 Å². The third-order valence-corrected chi connectivity index (χ3v) is 3.86. The van der Waals surface area contributed by atoms with Crippen LogP contribution in [0.2, 0.25) is 0 Å². The predicted molar refractivity (Wildman–Crippen MR) is 92.8 cm³/mol. The average Bonchev–Trinajstić information content (AvgIpc) is 2.61. The summed E-state index contributed by atoms with van der Waals surface area (Å²) in [4.78, 5) is 12.1. The molecule has 0 aromatic heterocycles. The summed E-state index contributed by atoms with van der Waals surface area (Å²) in [6.07, 6.45) is 0.764. The van der Waals surface area contributed by atoms with E-state index in [-0.39, 0.29) is 12.5 Å². The maximum atomic E-state index is 12.1. The third-order valence-electron chi connectivity index (χ3n) is 3.37. The molecule has 0 aliphatic carbocycles. The largest absolute Gasteiger partial charge is 0.496 e. The van der Waals surface area contributed by atoms with E-state index in [9.17, 15) is 4.79 Å². The summed E-state index contributed by atoms with van der Waals surface area (Å²) in [5, 5.41) is 3.96. The SMILES string of the molecule is COc1ccc(Br)cc1C=NNC(=O)[C@@H]1COc2ccccc2O1. The number of halogens is 1. The Morgan fingerprint density at radius 3 is 2.92 bits per heavy atom. The van der Waals surface area contributed by atoms with Crippen molar-refractivity contribution in [3.8, 4) is 17.2 Å². The molecule has 3 rings (SSSR count). The Kier molecular flexibility index (Phi) is 5.00. The minimum absolute atomic E-state index is 0.137. The van der Waals surface area contributed by atoms with E-state index in [1.165, 1.54) is 6.21 Å². The van der Waals surface area contributed by atoms with Gasteiger partial charge in [0.1, 0.15) is 12.4 Å². The van der Waals surface area contributed by atoms with E-state index in [1.807, 2.05) is 30.3 Å². The van der Waals surface area contributed by atoms with Gasteiger partial charge in [-0.1, -0.05) is 28.1 Å². The molecule has 0 bridgehead atoms. The second-order valence-corrected chi connectivity index (χ2v) is 5.90. The fourth-order valence-corrected chi connectivity index (χ4v) is 2.57. The summed E-state index contributed by atoms with van der Waals surface area (Å²) in [7, 11) is 1.57. The van der Waals surface area contributed by atoms with Crippen molar-refractivity contribution in [2.24, 2.45) is 5.10 Å². The van der Waals surface area contributed by atoms with Crippen LogP contribution in [-0.2, 0) is 4.79 Å². The van der Waals surface area contributed by atoms with Gasteiger partial charge in [-0.05, 0) is 30.3 Å². The average molecular weight is 391 g/mol. The fraction of sp³-hybridized carbons (Fsp3) is 0.176. The van der Waals surface area contributed by atoms with E-state index in [1.54, 1.807) is 19.2 Å². The number of hydrogen-bond donors (Lipinski definition) is 1. The Labute approximate surface area is 147 Å². The number of fused-ring (bicyclic) bond motifs is 1. The highest BCUT2D eigenvalue weighted by atomic mass is 79.9. The van der Waals surface area contributed by atoms with Crippen LogP contribution in [0.5, 0.6) is 17.2 Å². The molecular formula is C17H15BrN2O4. The molecule has 0 spiro atoms. The lowest BCUT2D eigenvalue weighted by atomic mass is 10.2. The summed E-state index contributed by atoms with van der Waals surface area (Å²) in [6, 6.07) is 12.7. The lowest BCUT2D eigenvalue weighted by Crippen LogP contribution is -2.42. The van der Waals surface area contributed by atoms with Crippen LogP contribution in [0.3, 0.4) is 0 Å². The standard InChI is InChI=1S/C17H15BrN2O4/c1-22-13-7-6-12(18)8-11(13)9-19-20-17(21)16-10-23-14-4-2-3-5-15(14)24-16/h2-9,16H,10H2,1H3,(H,20,21)/t16-/m0/s1. The molecule has 2 aromatic carbocycles. The zero-order valence-corrected chi connectivity index (χ0v) is 14.4. The van der Waals surface area contributed by atoms with Gasteiger partial charge in [-0.3, -0.25) is 4.79 Å². The summed E-state index contributed by atoms with van der Waals surface area (Å²) in [6.45, 7) is 0.137. The minimum Gasteiger partial charge on any atom is -0.496 e. The first kappa shape index (κ1) is 16.3. The van der Waals surface area contributed by atoms with Crippen LogP contribution in [0.1, 0.15) is 5.56 Å². The fourth-order valence-electron chi connectivity index (χ4n) is 2.19. The molecule has 0 unspecified atom stereocenters.